The van der Waals surface area contributed by atoms with E-state index in [-0.39, 0.29) is 10.8 Å². The Kier molecular flexibility index (Phi) is 4.85. The van der Waals surface area contributed by atoms with Crippen LogP contribution in [0.15, 0.2) is 47.4 Å². The number of ether oxygens (including phenoxy) is 1. The van der Waals surface area contributed by atoms with Crippen LogP contribution in [0.3, 0.4) is 0 Å². The van der Waals surface area contributed by atoms with Gasteiger partial charge in [0.25, 0.3) is 5.91 Å². The predicted molar refractivity (Wildman–Crippen MR) is 82.4 cm³/mol. The summed E-state index contributed by atoms with van der Waals surface area (Å²) in [4.78, 5) is 14.0. The van der Waals surface area contributed by atoms with Gasteiger partial charge in [0.15, 0.2) is 0 Å². The summed E-state index contributed by atoms with van der Waals surface area (Å²) >= 11 is 3.99. The molecule has 0 N–H and O–H groups in total. The number of rotatable bonds is 4. The van der Waals surface area contributed by atoms with Crippen molar-refractivity contribution in [3.63, 3.8) is 0 Å². The van der Waals surface area contributed by atoms with Gasteiger partial charge in [0.1, 0.15) is 11.6 Å². The number of carbonyl (C=O) groups excluding carboxylic acids is 1. The molecule has 0 aromatic heterocycles. The minimum absolute atomic E-state index is 0.165. The molecule has 21 heavy (non-hydrogen) atoms. The Morgan fingerprint density at radius 2 is 1.90 bits per heavy atom. The molecule has 2 rings (SSSR count). The van der Waals surface area contributed by atoms with Crippen molar-refractivity contribution in [3.8, 4) is 5.75 Å². The largest absolute Gasteiger partial charge is 0.497 e. The third-order valence-electron chi connectivity index (χ3n) is 3.12. The van der Waals surface area contributed by atoms with Crippen LogP contribution in [0.5, 0.6) is 5.75 Å². The van der Waals surface area contributed by atoms with Crippen LogP contribution in [0.25, 0.3) is 0 Å². The molecule has 0 radical (unpaired) electrons. The molecule has 0 unspecified atom stereocenters. The molecule has 0 atom stereocenters. The highest BCUT2D eigenvalue weighted by atomic mass is 32.1. The van der Waals surface area contributed by atoms with Gasteiger partial charge >= 0.3 is 0 Å². The normalized spacial score (nSPS) is 10.3. The Balaban J connectivity index is 2.09. The summed E-state index contributed by atoms with van der Waals surface area (Å²) in [5.74, 6) is 0.153. The Morgan fingerprint density at radius 1 is 1.24 bits per heavy atom. The maximum absolute atomic E-state index is 13.2. The molecule has 0 aliphatic rings. The van der Waals surface area contributed by atoms with Gasteiger partial charge in [-0.05, 0) is 35.9 Å². The van der Waals surface area contributed by atoms with E-state index in [4.69, 9.17) is 4.74 Å². The number of carbonyl (C=O) groups is 1. The summed E-state index contributed by atoms with van der Waals surface area (Å²) in [5, 5.41) is 0. The molecule has 3 nitrogen and oxygen atoms in total. The van der Waals surface area contributed by atoms with E-state index in [1.165, 1.54) is 18.2 Å². The van der Waals surface area contributed by atoms with Gasteiger partial charge in [0.2, 0.25) is 0 Å². The van der Waals surface area contributed by atoms with Gasteiger partial charge in [-0.25, -0.2) is 4.39 Å². The zero-order chi connectivity index (χ0) is 15.4. The molecule has 0 saturated carbocycles. The van der Waals surface area contributed by atoms with Crippen LogP contribution >= 0.6 is 12.6 Å². The zero-order valence-corrected chi connectivity index (χ0v) is 12.7. The lowest BCUT2D eigenvalue weighted by Gasteiger charge is -2.18. The molecule has 0 bridgehead atoms. The van der Waals surface area contributed by atoms with E-state index in [1.54, 1.807) is 19.1 Å². The summed E-state index contributed by atoms with van der Waals surface area (Å²) in [7, 11) is 3.31. The Hall–Kier alpha value is -2.01. The average Bonchev–Trinajstić information content (AvgIpc) is 2.50. The van der Waals surface area contributed by atoms with E-state index in [1.807, 2.05) is 24.3 Å². The molecule has 0 spiro atoms. The molecule has 0 heterocycles. The van der Waals surface area contributed by atoms with E-state index in [0.717, 1.165) is 11.3 Å². The second-order valence-electron chi connectivity index (χ2n) is 4.68. The molecule has 0 fully saturated rings. The Morgan fingerprint density at radius 3 is 2.48 bits per heavy atom. The molecular formula is C16H16FNO2S. The second kappa shape index (κ2) is 6.63. The van der Waals surface area contributed by atoms with Crippen molar-refractivity contribution < 1.29 is 13.9 Å². The lowest BCUT2D eigenvalue weighted by molar-refractivity contribution is 0.0785. The third kappa shape index (κ3) is 3.76. The maximum atomic E-state index is 13.2. The van der Waals surface area contributed by atoms with Gasteiger partial charge in [-0.1, -0.05) is 12.1 Å². The molecule has 0 aliphatic heterocycles. The minimum atomic E-state index is -0.437. The van der Waals surface area contributed by atoms with E-state index >= 15 is 0 Å². The highest BCUT2D eigenvalue weighted by Gasteiger charge is 2.13. The van der Waals surface area contributed by atoms with Crippen LogP contribution in [0.1, 0.15) is 15.9 Å². The quantitative estimate of drug-likeness (QED) is 0.877. The van der Waals surface area contributed by atoms with E-state index in [9.17, 15) is 9.18 Å². The van der Waals surface area contributed by atoms with Gasteiger partial charge in [-0.15, -0.1) is 12.6 Å². The van der Waals surface area contributed by atoms with E-state index in [0.29, 0.717) is 12.1 Å². The summed E-state index contributed by atoms with van der Waals surface area (Å²) in [6.07, 6.45) is 0. The van der Waals surface area contributed by atoms with Crippen LogP contribution in [-0.4, -0.2) is 25.0 Å². The highest BCUT2D eigenvalue weighted by Crippen LogP contribution is 2.17. The minimum Gasteiger partial charge on any atom is -0.497 e. The van der Waals surface area contributed by atoms with Crippen molar-refractivity contribution in [2.45, 2.75) is 11.4 Å². The standard InChI is InChI=1S/C16H16FNO2S/c1-18(10-11-3-6-13(20-2)7-4-11)16(19)12-5-8-14(17)15(21)9-12/h3-9,21H,10H2,1-2H3. The number of hydrogen-bond donors (Lipinski definition) is 1. The first-order valence-electron chi connectivity index (χ1n) is 6.38. The van der Waals surface area contributed by atoms with Crippen LogP contribution in [-0.2, 0) is 6.54 Å². The number of halogens is 1. The molecule has 0 aliphatic carbocycles. The third-order valence-corrected chi connectivity index (χ3v) is 3.46. The number of benzene rings is 2. The molecule has 0 saturated heterocycles. The summed E-state index contributed by atoms with van der Waals surface area (Å²) in [6, 6.07) is 11.6. The zero-order valence-electron chi connectivity index (χ0n) is 11.8. The topological polar surface area (TPSA) is 29.5 Å². The number of hydrogen-bond acceptors (Lipinski definition) is 3. The van der Waals surface area contributed by atoms with Crippen molar-refractivity contribution in [2.75, 3.05) is 14.2 Å². The second-order valence-corrected chi connectivity index (χ2v) is 5.16. The lowest BCUT2D eigenvalue weighted by Crippen LogP contribution is -2.26. The van der Waals surface area contributed by atoms with Gasteiger partial charge in [-0.3, -0.25) is 4.79 Å². The van der Waals surface area contributed by atoms with Gasteiger partial charge in [0.05, 0.1) is 7.11 Å². The molecule has 2 aromatic rings. The van der Waals surface area contributed by atoms with E-state index < -0.39 is 5.82 Å². The summed E-state index contributed by atoms with van der Waals surface area (Å²) in [5.41, 5.74) is 1.40. The SMILES string of the molecule is COc1ccc(CN(C)C(=O)c2ccc(F)c(S)c2)cc1. The molecule has 1 amide bonds. The average molecular weight is 305 g/mol. The molecule has 5 heteroatoms. The number of methoxy groups -OCH3 is 1. The van der Waals surface area contributed by atoms with Gasteiger partial charge in [0, 0.05) is 24.1 Å². The van der Waals surface area contributed by atoms with Crippen LogP contribution in [0.4, 0.5) is 4.39 Å². The van der Waals surface area contributed by atoms with Gasteiger partial charge in [-0.2, -0.15) is 0 Å². The first kappa shape index (κ1) is 15.4. The smallest absolute Gasteiger partial charge is 0.253 e. The van der Waals surface area contributed by atoms with Crippen molar-refractivity contribution in [1.82, 2.24) is 4.90 Å². The summed E-state index contributed by atoms with van der Waals surface area (Å²) < 4.78 is 18.3. The van der Waals surface area contributed by atoms with Crippen molar-refractivity contribution in [2.24, 2.45) is 0 Å². The predicted octanol–water partition coefficient (Wildman–Crippen LogP) is 3.40. The molecule has 2 aromatic carbocycles. The number of nitrogens with zero attached hydrogens (tertiary/aromatic N) is 1. The van der Waals surface area contributed by atoms with Gasteiger partial charge < -0.3 is 9.64 Å². The lowest BCUT2D eigenvalue weighted by atomic mass is 10.1. The molecule has 110 valence electrons. The molecular weight excluding hydrogens is 289 g/mol. The fourth-order valence-corrected chi connectivity index (χ4v) is 2.16. The first-order valence-corrected chi connectivity index (χ1v) is 6.83. The highest BCUT2D eigenvalue weighted by molar-refractivity contribution is 7.80. The Bertz CT molecular complexity index is 643. The fourth-order valence-electron chi connectivity index (χ4n) is 1.94. The van der Waals surface area contributed by atoms with Crippen LogP contribution in [0.2, 0.25) is 0 Å². The summed E-state index contributed by atoms with van der Waals surface area (Å²) in [6.45, 7) is 0.460. The number of amides is 1. The van der Waals surface area contributed by atoms with E-state index in [2.05, 4.69) is 12.6 Å². The first-order chi connectivity index (χ1) is 10.0. The maximum Gasteiger partial charge on any atom is 0.253 e. The van der Waals surface area contributed by atoms with Crippen LogP contribution in [0, 0.1) is 5.82 Å². The van der Waals surface area contributed by atoms with Crippen LogP contribution < -0.4 is 4.74 Å². The Labute approximate surface area is 128 Å². The van der Waals surface area contributed by atoms with Crippen molar-refractivity contribution in [3.05, 3.63) is 59.4 Å². The number of thiol groups is 1. The van der Waals surface area contributed by atoms with Crippen molar-refractivity contribution in [1.29, 1.82) is 0 Å². The van der Waals surface area contributed by atoms with Crippen molar-refractivity contribution >= 4 is 18.5 Å². The fraction of sp³-hybridized carbons (Fsp3) is 0.188. The monoisotopic (exact) mass is 305 g/mol.